The summed E-state index contributed by atoms with van der Waals surface area (Å²) in [7, 11) is 0. The van der Waals surface area contributed by atoms with E-state index in [1.54, 1.807) is 0 Å². The molecular formula is C38H66N4O6. The molecule has 0 radical (unpaired) electrons. The number of aliphatic carboxylic acids is 3. The number of hydrogen-bond acceptors (Lipinski definition) is 7. The third kappa shape index (κ3) is 8.57. The second kappa shape index (κ2) is 14.8. The highest BCUT2D eigenvalue weighted by molar-refractivity contribution is 5.68. The van der Waals surface area contributed by atoms with Crippen LogP contribution in [-0.2, 0) is 14.4 Å². The molecule has 8 aliphatic carbocycles. The fourth-order valence-electron chi connectivity index (χ4n) is 11.3. The van der Waals surface area contributed by atoms with Gasteiger partial charge in [-0.1, -0.05) is 19.8 Å². The van der Waals surface area contributed by atoms with Gasteiger partial charge in [-0.05, 0) is 179 Å². The smallest absolute Gasteiger partial charge is 0.303 e. The lowest BCUT2D eigenvalue weighted by Gasteiger charge is -2.34. The lowest BCUT2D eigenvalue weighted by Crippen LogP contribution is -2.37. The second-order valence-electron chi connectivity index (χ2n) is 17.9. The van der Waals surface area contributed by atoms with Crippen LogP contribution in [0.15, 0.2) is 0 Å². The van der Waals surface area contributed by atoms with Gasteiger partial charge in [0.25, 0.3) is 0 Å². The summed E-state index contributed by atoms with van der Waals surface area (Å²) >= 11 is 0. The maximum Gasteiger partial charge on any atom is 0.303 e. The van der Waals surface area contributed by atoms with Crippen molar-refractivity contribution in [2.75, 3.05) is 26.2 Å². The Bertz CT molecular complexity index is 1150. The molecule has 0 heterocycles. The summed E-state index contributed by atoms with van der Waals surface area (Å²) in [6.45, 7) is 4.87. The standard InChI is InChI=1S/2C10H17NO2.C9H15NO2.C9H17N/c11-6-10(5-9(12)13)2-1-7-3-8(7)4-10;11-6-10(5-9(12)13)3-1-2-7-4-8(7)10;10-5-9(4-8(11)12)2-1-6-3-7(6)9;1-2-9(6-10)4-7-3-8(7)5-9/h2*7-8H,1-6,11H2,(H,12,13);6-7H,1-5,10H2,(H,11,12);7-8H,2-6,10H2,1H3. The van der Waals surface area contributed by atoms with Gasteiger partial charge in [-0.25, -0.2) is 0 Å². The molecule has 0 aromatic carbocycles. The van der Waals surface area contributed by atoms with Crippen LogP contribution >= 0.6 is 0 Å². The summed E-state index contributed by atoms with van der Waals surface area (Å²) < 4.78 is 0. The van der Waals surface area contributed by atoms with E-state index in [1.807, 2.05) is 0 Å². The molecule has 8 fully saturated rings. The van der Waals surface area contributed by atoms with Crippen LogP contribution in [0.4, 0.5) is 0 Å². The van der Waals surface area contributed by atoms with Crippen LogP contribution in [0.3, 0.4) is 0 Å². The molecule has 48 heavy (non-hydrogen) atoms. The summed E-state index contributed by atoms with van der Waals surface area (Å²) in [5, 5.41) is 26.4. The van der Waals surface area contributed by atoms with Crippen LogP contribution < -0.4 is 22.9 Å². The monoisotopic (exact) mass is 674 g/mol. The summed E-state index contributed by atoms with van der Waals surface area (Å²) in [4.78, 5) is 32.1. The number of carbonyl (C=O) groups is 3. The minimum Gasteiger partial charge on any atom is -0.481 e. The lowest BCUT2D eigenvalue weighted by molar-refractivity contribution is -0.141. The summed E-state index contributed by atoms with van der Waals surface area (Å²) in [6.07, 6.45) is 19.3. The van der Waals surface area contributed by atoms with Crippen LogP contribution in [0.25, 0.3) is 0 Å². The molecule has 0 amide bonds. The van der Waals surface area contributed by atoms with Crippen molar-refractivity contribution in [2.45, 2.75) is 122 Å². The molecule has 274 valence electrons. The first kappa shape index (κ1) is 37.5. The average Bonchev–Trinajstić information content (AvgIpc) is 3.91. The van der Waals surface area contributed by atoms with Gasteiger partial charge in [-0.2, -0.15) is 0 Å². The molecule has 11 N–H and O–H groups in total. The topological polar surface area (TPSA) is 216 Å². The normalized spacial score (nSPS) is 44.7. The van der Waals surface area contributed by atoms with Crippen molar-refractivity contribution >= 4 is 17.9 Å². The Morgan fingerprint density at radius 3 is 1.40 bits per heavy atom. The van der Waals surface area contributed by atoms with Crippen molar-refractivity contribution in [3.8, 4) is 0 Å². The van der Waals surface area contributed by atoms with E-state index in [-0.39, 0.29) is 35.5 Å². The predicted molar refractivity (Wildman–Crippen MR) is 186 cm³/mol. The van der Waals surface area contributed by atoms with Gasteiger partial charge in [0.15, 0.2) is 0 Å². The van der Waals surface area contributed by atoms with Crippen LogP contribution in [0.2, 0.25) is 0 Å². The maximum atomic E-state index is 10.7. The molecule has 0 saturated heterocycles. The summed E-state index contributed by atoms with van der Waals surface area (Å²) in [5.74, 6) is 4.71. The Kier molecular flexibility index (Phi) is 11.6. The summed E-state index contributed by atoms with van der Waals surface area (Å²) in [5.41, 5.74) is 23.3. The van der Waals surface area contributed by atoms with E-state index in [9.17, 15) is 14.4 Å². The highest BCUT2D eigenvalue weighted by Gasteiger charge is 2.58. The Hall–Kier alpha value is -1.75. The number of nitrogens with two attached hydrogens (primary N) is 4. The molecule has 10 nitrogen and oxygen atoms in total. The van der Waals surface area contributed by atoms with E-state index in [2.05, 4.69) is 6.92 Å². The third-order valence-electron chi connectivity index (χ3n) is 14.9. The first-order valence-corrected chi connectivity index (χ1v) is 19.3. The number of carboxylic acids is 3. The van der Waals surface area contributed by atoms with Gasteiger partial charge in [-0.3, -0.25) is 14.4 Å². The third-order valence-corrected chi connectivity index (χ3v) is 14.9. The van der Waals surface area contributed by atoms with Crippen molar-refractivity contribution in [3.63, 3.8) is 0 Å². The largest absolute Gasteiger partial charge is 0.481 e. The Balaban J connectivity index is 0.000000126. The molecule has 8 aliphatic rings. The highest BCUT2D eigenvalue weighted by atomic mass is 16.4. The highest BCUT2D eigenvalue weighted by Crippen LogP contribution is 2.63. The molecule has 0 aliphatic heterocycles. The SMILES string of the molecule is CCC1(CN)CC2CC2C1.NCC1(CC(=O)O)CCC2CC21.NCC1(CC(=O)O)CCC2CC2C1.NCC1(CC(=O)O)CCCC2CC21. The van der Waals surface area contributed by atoms with Gasteiger partial charge < -0.3 is 38.3 Å². The van der Waals surface area contributed by atoms with Crippen molar-refractivity contribution in [3.05, 3.63) is 0 Å². The molecule has 8 saturated carbocycles. The molecule has 10 heteroatoms. The van der Waals surface area contributed by atoms with Gasteiger partial charge in [0.2, 0.25) is 0 Å². The maximum absolute atomic E-state index is 10.7. The van der Waals surface area contributed by atoms with Crippen LogP contribution in [0, 0.1) is 69.0 Å². The van der Waals surface area contributed by atoms with Gasteiger partial charge in [0.05, 0.1) is 19.3 Å². The van der Waals surface area contributed by atoms with E-state index >= 15 is 0 Å². The van der Waals surface area contributed by atoms with Crippen molar-refractivity contribution in [1.29, 1.82) is 0 Å². The number of hydrogen-bond donors (Lipinski definition) is 7. The predicted octanol–water partition coefficient (Wildman–Crippen LogP) is 5.06. The number of fused-ring (bicyclic) bond motifs is 4. The summed E-state index contributed by atoms with van der Waals surface area (Å²) in [6, 6.07) is 0. The molecule has 0 aromatic rings. The van der Waals surface area contributed by atoms with E-state index in [0.29, 0.717) is 36.9 Å². The zero-order chi connectivity index (χ0) is 34.9. The Morgan fingerprint density at radius 2 is 1.00 bits per heavy atom. The Morgan fingerprint density at radius 1 is 0.542 bits per heavy atom. The van der Waals surface area contributed by atoms with E-state index in [1.165, 1.54) is 70.6 Å². The van der Waals surface area contributed by atoms with Crippen LogP contribution in [0.5, 0.6) is 0 Å². The minimum atomic E-state index is -0.690. The minimum absolute atomic E-state index is 0.0312. The van der Waals surface area contributed by atoms with Gasteiger partial charge in [0.1, 0.15) is 0 Å². The number of rotatable bonds is 11. The van der Waals surface area contributed by atoms with E-state index < -0.39 is 17.9 Å². The Labute approximate surface area is 287 Å². The lowest BCUT2D eigenvalue weighted by atomic mass is 9.71. The first-order chi connectivity index (χ1) is 22.8. The first-order valence-electron chi connectivity index (χ1n) is 19.3. The molecule has 11 unspecified atom stereocenters. The van der Waals surface area contributed by atoms with Gasteiger partial charge >= 0.3 is 17.9 Å². The average molecular weight is 675 g/mol. The quantitative estimate of drug-likeness (QED) is 0.155. The second-order valence-corrected chi connectivity index (χ2v) is 17.9. The molecular weight excluding hydrogens is 608 g/mol. The number of carboxylic acid groups (broad SMARTS) is 3. The fourth-order valence-corrected chi connectivity index (χ4v) is 11.3. The van der Waals surface area contributed by atoms with Crippen LogP contribution in [0.1, 0.15) is 122 Å². The van der Waals surface area contributed by atoms with Crippen LogP contribution in [-0.4, -0.2) is 59.4 Å². The van der Waals surface area contributed by atoms with Crippen molar-refractivity contribution in [1.82, 2.24) is 0 Å². The molecule has 0 bridgehead atoms. The fraction of sp³-hybridized carbons (Fsp3) is 0.921. The zero-order valence-electron chi connectivity index (χ0n) is 29.6. The van der Waals surface area contributed by atoms with Gasteiger partial charge in [-0.15, -0.1) is 0 Å². The molecule has 8 rings (SSSR count). The molecule has 0 spiro atoms. The van der Waals surface area contributed by atoms with E-state index in [0.717, 1.165) is 67.7 Å². The molecule has 0 aromatic heterocycles. The van der Waals surface area contributed by atoms with Gasteiger partial charge in [0, 0.05) is 0 Å². The van der Waals surface area contributed by atoms with Crippen molar-refractivity contribution < 1.29 is 29.7 Å². The van der Waals surface area contributed by atoms with Crippen molar-refractivity contribution in [2.24, 2.45) is 91.9 Å². The van der Waals surface area contributed by atoms with E-state index in [4.69, 9.17) is 38.3 Å². The molecule has 11 atom stereocenters. The zero-order valence-corrected chi connectivity index (χ0v) is 29.6.